The van der Waals surface area contributed by atoms with Crippen LogP contribution in [0.3, 0.4) is 0 Å². The number of carbonyl (C=O) groups is 1. The van der Waals surface area contributed by atoms with Crippen LogP contribution in [-0.2, 0) is 18.0 Å². The summed E-state index contributed by atoms with van der Waals surface area (Å²) in [5.41, 5.74) is 7.70. The number of benzene rings is 3. The SMILES string of the molecule is Cc1c(COc2cc(OCc3cncc(C#N)c3)c(C(C)N(C)CCO)cc2Cl)cccc1-c1cccc(OCCCN2CCCC2)c1C.O=CO. The Balaban J connectivity index is 0.00000195. The van der Waals surface area contributed by atoms with Gasteiger partial charge >= 0.3 is 0 Å². The molecular formula is C41H49ClN4O6. The first-order valence-electron chi connectivity index (χ1n) is 17.6. The summed E-state index contributed by atoms with van der Waals surface area (Å²) in [6.07, 6.45) is 6.85. The van der Waals surface area contributed by atoms with Gasteiger partial charge in [0.15, 0.2) is 0 Å². The average Bonchev–Trinajstić information content (AvgIpc) is 3.67. The fraction of sp³-hybridized carbons (Fsp3) is 0.390. The minimum atomic E-state index is -0.250. The Kier molecular flexibility index (Phi) is 15.7. The largest absolute Gasteiger partial charge is 0.493 e. The van der Waals surface area contributed by atoms with Crippen molar-refractivity contribution in [3.05, 3.63) is 105 Å². The van der Waals surface area contributed by atoms with Gasteiger partial charge in [-0.05, 0) is 106 Å². The minimum absolute atomic E-state index is 0.0344. The quantitative estimate of drug-likeness (QED) is 0.0879. The molecule has 1 fully saturated rings. The van der Waals surface area contributed by atoms with E-state index in [4.69, 9.17) is 35.7 Å². The summed E-state index contributed by atoms with van der Waals surface area (Å²) in [6, 6.07) is 20.0. The molecule has 1 aromatic heterocycles. The predicted octanol–water partition coefficient (Wildman–Crippen LogP) is 7.60. The van der Waals surface area contributed by atoms with Crippen molar-refractivity contribution in [1.82, 2.24) is 14.8 Å². The number of aliphatic hydroxyl groups excluding tert-OH is 1. The van der Waals surface area contributed by atoms with E-state index >= 15 is 0 Å². The van der Waals surface area contributed by atoms with Crippen molar-refractivity contribution in [3.63, 3.8) is 0 Å². The van der Waals surface area contributed by atoms with Gasteiger partial charge < -0.3 is 29.3 Å². The van der Waals surface area contributed by atoms with Gasteiger partial charge in [0.25, 0.3) is 6.47 Å². The van der Waals surface area contributed by atoms with Crippen LogP contribution >= 0.6 is 11.6 Å². The molecule has 52 heavy (non-hydrogen) atoms. The van der Waals surface area contributed by atoms with Crippen LogP contribution < -0.4 is 14.2 Å². The number of carboxylic acid groups (broad SMARTS) is 1. The summed E-state index contributed by atoms with van der Waals surface area (Å²) < 4.78 is 19.0. The van der Waals surface area contributed by atoms with Crippen LogP contribution in [-0.4, -0.2) is 77.9 Å². The van der Waals surface area contributed by atoms with Crippen molar-refractivity contribution < 1.29 is 29.2 Å². The molecule has 276 valence electrons. The highest BCUT2D eigenvalue weighted by atomic mass is 35.5. The first-order chi connectivity index (χ1) is 25.2. The molecule has 1 atom stereocenters. The monoisotopic (exact) mass is 728 g/mol. The van der Waals surface area contributed by atoms with Gasteiger partial charge in [-0.2, -0.15) is 5.26 Å². The number of halogens is 1. The highest BCUT2D eigenvalue weighted by molar-refractivity contribution is 6.32. The molecule has 1 unspecified atom stereocenters. The second-order valence-electron chi connectivity index (χ2n) is 12.8. The fourth-order valence-corrected chi connectivity index (χ4v) is 6.54. The molecule has 2 N–H and O–H groups in total. The molecule has 0 bridgehead atoms. The van der Waals surface area contributed by atoms with Crippen molar-refractivity contribution in [1.29, 1.82) is 5.26 Å². The normalized spacial score (nSPS) is 13.2. The maximum Gasteiger partial charge on any atom is 0.290 e. The van der Waals surface area contributed by atoms with Crippen molar-refractivity contribution >= 4 is 18.1 Å². The number of aliphatic hydroxyl groups is 1. The highest BCUT2D eigenvalue weighted by Crippen LogP contribution is 2.39. The summed E-state index contributed by atoms with van der Waals surface area (Å²) in [7, 11) is 1.94. The summed E-state index contributed by atoms with van der Waals surface area (Å²) in [4.78, 5) is 17.1. The van der Waals surface area contributed by atoms with Crippen LogP contribution in [0.4, 0.5) is 0 Å². The van der Waals surface area contributed by atoms with Gasteiger partial charge in [-0.3, -0.25) is 14.7 Å². The first kappa shape index (κ1) is 40.1. The summed E-state index contributed by atoms with van der Waals surface area (Å²) in [5.74, 6) is 2.04. The molecule has 10 nitrogen and oxygen atoms in total. The van der Waals surface area contributed by atoms with Gasteiger partial charge in [-0.1, -0.05) is 41.9 Å². The summed E-state index contributed by atoms with van der Waals surface area (Å²) in [5, 5.41) is 26.2. The van der Waals surface area contributed by atoms with E-state index in [0.717, 1.165) is 57.7 Å². The van der Waals surface area contributed by atoms with Gasteiger partial charge in [0, 0.05) is 48.7 Å². The van der Waals surface area contributed by atoms with E-state index in [9.17, 15) is 10.4 Å². The number of nitriles is 1. The second kappa shape index (κ2) is 20.4. The number of likely N-dealkylation sites (tertiary alicyclic amines) is 1. The number of hydrogen-bond acceptors (Lipinski definition) is 9. The number of aromatic nitrogens is 1. The van der Waals surface area contributed by atoms with Crippen molar-refractivity contribution in [2.75, 3.05) is 46.4 Å². The third-order valence-corrected chi connectivity index (χ3v) is 9.72. The van der Waals surface area contributed by atoms with Crippen LogP contribution in [0.2, 0.25) is 5.02 Å². The maximum absolute atomic E-state index is 9.54. The molecule has 11 heteroatoms. The molecule has 1 aliphatic rings. The molecular weight excluding hydrogens is 680 g/mol. The first-order valence-corrected chi connectivity index (χ1v) is 17.9. The van der Waals surface area contributed by atoms with E-state index in [2.05, 4.69) is 66.2 Å². The zero-order chi connectivity index (χ0) is 37.5. The number of pyridine rings is 1. The average molecular weight is 729 g/mol. The lowest BCUT2D eigenvalue weighted by atomic mass is 9.93. The molecule has 5 rings (SSSR count). The number of rotatable bonds is 16. The van der Waals surface area contributed by atoms with Crippen LogP contribution in [0.1, 0.15) is 65.6 Å². The molecule has 0 aliphatic carbocycles. The Labute approximate surface area is 312 Å². The lowest BCUT2D eigenvalue weighted by Gasteiger charge is -2.27. The smallest absolute Gasteiger partial charge is 0.290 e. The van der Waals surface area contributed by atoms with Gasteiger partial charge in [-0.25, -0.2) is 0 Å². The van der Waals surface area contributed by atoms with E-state index in [1.165, 1.54) is 32.1 Å². The van der Waals surface area contributed by atoms with Crippen LogP contribution in [0.25, 0.3) is 11.1 Å². The molecule has 0 saturated carbocycles. The molecule has 1 aliphatic heterocycles. The van der Waals surface area contributed by atoms with Crippen LogP contribution in [0.15, 0.2) is 67.0 Å². The second-order valence-corrected chi connectivity index (χ2v) is 13.3. The van der Waals surface area contributed by atoms with Gasteiger partial charge in [-0.15, -0.1) is 0 Å². The Morgan fingerprint density at radius 2 is 1.67 bits per heavy atom. The van der Waals surface area contributed by atoms with Crippen LogP contribution in [0, 0.1) is 25.2 Å². The van der Waals surface area contributed by atoms with Gasteiger partial charge in [0.05, 0.1) is 23.8 Å². The Hall–Kier alpha value is -4.66. The Morgan fingerprint density at radius 3 is 2.38 bits per heavy atom. The van der Waals surface area contributed by atoms with E-state index in [0.29, 0.717) is 41.8 Å². The zero-order valence-electron chi connectivity index (χ0n) is 30.5. The lowest BCUT2D eigenvalue weighted by molar-refractivity contribution is -0.122. The van der Waals surface area contributed by atoms with E-state index in [1.54, 1.807) is 12.3 Å². The van der Waals surface area contributed by atoms with E-state index < -0.39 is 0 Å². The minimum Gasteiger partial charge on any atom is -0.493 e. The lowest BCUT2D eigenvalue weighted by Crippen LogP contribution is -2.26. The molecule has 0 spiro atoms. The number of likely N-dealkylation sites (N-methyl/N-ethyl adjacent to an activating group) is 1. The molecule has 4 aromatic rings. The third-order valence-electron chi connectivity index (χ3n) is 9.42. The van der Waals surface area contributed by atoms with Crippen molar-refractivity contribution in [3.8, 4) is 34.4 Å². The number of nitrogens with zero attached hydrogens (tertiary/aromatic N) is 4. The Bertz CT molecular complexity index is 1810. The van der Waals surface area contributed by atoms with Gasteiger partial charge in [0.1, 0.15) is 36.5 Å². The van der Waals surface area contributed by atoms with Crippen LogP contribution in [0.5, 0.6) is 17.2 Å². The number of hydrogen-bond donors (Lipinski definition) is 2. The molecule has 0 amide bonds. The topological polar surface area (TPSA) is 128 Å². The fourth-order valence-electron chi connectivity index (χ4n) is 6.32. The third kappa shape index (κ3) is 10.9. The van der Waals surface area contributed by atoms with E-state index in [-0.39, 0.29) is 25.7 Å². The highest BCUT2D eigenvalue weighted by Gasteiger charge is 2.21. The van der Waals surface area contributed by atoms with Crippen molar-refractivity contribution in [2.45, 2.75) is 59.3 Å². The maximum atomic E-state index is 9.54. The number of ether oxygens (including phenoxy) is 3. The molecule has 0 radical (unpaired) electrons. The standard InChI is InChI=1S/C40H47ClN4O4.CH2O2/c1-28-33(10-7-11-34(28)35-12-8-13-38(29(35)2)47-19-9-16-45-14-5-6-15-45)27-49-40-22-39(48-26-32-20-31(23-42)24-43-25-32)36(21-37(40)41)30(3)44(4)17-18-46;2-1-3/h7-8,10-13,20-22,24-25,30,46H,5-6,9,14-19,26-27H2,1-4H3;1H,(H,2,3). The Morgan fingerprint density at radius 1 is 0.981 bits per heavy atom. The molecule has 1 saturated heterocycles. The summed E-state index contributed by atoms with van der Waals surface area (Å²) >= 11 is 6.83. The molecule has 3 aromatic carbocycles. The molecule has 2 heterocycles. The van der Waals surface area contributed by atoms with E-state index in [1.807, 2.05) is 31.0 Å². The van der Waals surface area contributed by atoms with Gasteiger partial charge in [0.2, 0.25) is 0 Å². The predicted molar refractivity (Wildman–Crippen MR) is 203 cm³/mol. The summed E-state index contributed by atoms with van der Waals surface area (Å²) in [6.45, 7) is 11.3. The zero-order valence-corrected chi connectivity index (χ0v) is 31.2. The van der Waals surface area contributed by atoms with Crippen molar-refractivity contribution in [2.24, 2.45) is 0 Å².